The van der Waals surface area contributed by atoms with Crippen molar-refractivity contribution >= 4 is 0 Å². The van der Waals surface area contributed by atoms with E-state index in [0.717, 1.165) is 71.1 Å². The average Bonchev–Trinajstić information content (AvgIpc) is 2.66. The summed E-state index contributed by atoms with van der Waals surface area (Å²) in [5, 5.41) is 19.4. The Hall–Kier alpha value is -1.18. The van der Waals surface area contributed by atoms with E-state index in [1.54, 1.807) is 0 Å². The number of likely N-dealkylation sites (tertiary alicyclic amines) is 1. The molecule has 2 atom stereocenters. The molecule has 0 saturated carbocycles. The van der Waals surface area contributed by atoms with E-state index in [0.29, 0.717) is 13.0 Å². The van der Waals surface area contributed by atoms with Crippen LogP contribution in [0.4, 0.5) is 0 Å². The molecule has 1 aromatic carbocycles. The Bertz CT molecular complexity index is 536. The van der Waals surface area contributed by atoms with Crippen molar-refractivity contribution in [2.45, 2.75) is 38.0 Å². The van der Waals surface area contributed by atoms with E-state index in [4.69, 9.17) is 9.47 Å². The quantitative estimate of drug-likeness (QED) is 0.674. The number of nitrogens with zero attached hydrogens (tertiary/aromatic N) is 2. The lowest BCUT2D eigenvalue weighted by atomic mass is 10.0. The molecule has 2 N–H and O–H groups in total. The smallest absolute Gasteiger partial charge is 0.119 e. The molecule has 2 aliphatic rings. The zero-order chi connectivity index (χ0) is 18.2. The van der Waals surface area contributed by atoms with Crippen molar-refractivity contribution in [3.8, 4) is 5.75 Å². The van der Waals surface area contributed by atoms with Gasteiger partial charge in [-0.05, 0) is 43.5 Å². The van der Waals surface area contributed by atoms with Gasteiger partial charge < -0.3 is 19.7 Å². The fourth-order valence-corrected chi connectivity index (χ4v) is 3.57. The van der Waals surface area contributed by atoms with E-state index >= 15 is 0 Å². The first kappa shape index (κ1) is 19.6. The van der Waals surface area contributed by atoms with Crippen molar-refractivity contribution < 1.29 is 19.7 Å². The van der Waals surface area contributed by atoms with E-state index < -0.39 is 12.2 Å². The molecule has 2 fully saturated rings. The van der Waals surface area contributed by atoms with Gasteiger partial charge in [0.05, 0.1) is 32.0 Å². The molecule has 2 saturated heterocycles. The molecule has 0 aliphatic carbocycles. The molecular weight excluding hydrogens is 332 g/mol. The van der Waals surface area contributed by atoms with Gasteiger partial charge in [-0.3, -0.25) is 9.80 Å². The molecule has 6 nitrogen and oxygen atoms in total. The maximum absolute atomic E-state index is 9.81. The second-order valence-electron chi connectivity index (χ2n) is 7.32. The molecule has 26 heavy (non-hydrogen) atoms. The van der Waals surface area contributed by atoms with Crippen molar-refractivity contribution in [3.63, 3.8) is 0 Å². The molecule has 0 bridgehead atoms. The Kier molecular flexibility index (Phi) is 7.70. The minimum Gasteiger partial charge on any atom is -0.494 e. The predicted molar refractivity (Wildman–Crippen MR) is 100 cm³/mol. The second-order valence-corrected chi connectivity index (χ2v) is 7.32. The summed E-state index contributed by atoms with van der Waals surface area (Å²) in [6.45, 7) is 7.78. The normalized spacial score (nSPS) is 25.3. The predicted octanol–water partition coefficient (Wildman–Crippen LogP) is 1.11. The zero-order valence-electron chi connectivity index (χ0n) is 15.6. The number of aliphatic hydroxyl groups excluding tert-OH is 2. The van der Waals surface area contributed by atoms with Crippen molar-refractivity contribution in [2.24, 2.45) is 0 Å². The molecular formula is C20H32N2O4. The van der Waals surface area contributed by atoms with Gasteiger partial charge in [-0.25, -0.2) is 0 Å². The van der Waals surface area contributed by atoms with Crippen LogP contribution in [0.2, 0.25) is 0 Å². The SMILES string of the molecule is O[C@H]1CCN(Cc2cccc(OCCCCN3CCOCC3)c2)C[C@@H]1O. The first-order valence-electron chi connectivity index (χ1n) is 9.81. The Morgan fingerprint density at radius 2 is 1.88 bits per heavy atom. The highest BCUT2D eigenvalue weighted by Gasteiger charge is 2.25. The molecule has 0 aromatic heterocycles. The van der Waals surface area contributed by atoms with Gasteiger partial charge in [-0.1, -0.05) is 12.1 Å². The van der Waals surface area contributed by atoms with Crippen molar-refractivity contribution in [2.75, 3.05) is 52.5 Å². The molecule has 0 spiro atoms. The highest BCUT2D eigenvalue weighted by molar-refractivity contribution is 5.28. The van der Waals surface area contributed by atoms with Gasteiger partial charge in [0.15, 0.2) is 0 Å². The Labute approximate surface area is 156 Å². The Morgan fingerprint density at radius 1 is 1.04 bits per heavy atom. The third-order valence-corrected chi connectivity index (χ3v) is 5.18. The number of benzene rings is 1. The lowest BCUT2D eigenvalue weighted by molar-refractivity contribution is -0.0403. The van der Waals surface area contributed by atoms with E-state index in [-0.39, 0.29) is 0 Å². The van der Waals surface area contributed by atoms with Crippen LogP contribution in [0.1, 0.15) is 24.8 Å². The third kappa shape index (κ3) is 6.21. The number of ether oxygens (including phenoxy) is 2. The monoisotopic (exact) mass is 364 g/mol. The van der Waals surface area contributed by atoms with Crippen LogP contribution in [0, 0.1) is 0 Å². The summed E-state index contributed by atoms with van der Waals surface area (Å²) >= 11 is 0. The average molecular weight is 364 g/mol. The van der Waals surface area contributed by atoms with Crippen molar-refractivity contribution in [1.29, 1.82) is 0 Å². The van der Waals surface area contributed by atoms with Crippen molar-refractivity contribution in [3.05, 3.63) is 29.8 Å². The maximum Gasteiger partial charge on any atom is 0.119 e. The van der Waals surface area contributed by atoms with Crippen LogP contribution in [0.5, 0.6) is 5.75 Å². The number of rotatable bonds is 8. The molecule has 3 rings (SSSR count). The maximum atomic E-state index is 9.81. The lowest BCUT2D eigenvalue weighted by Gasteiger charge is -2.33. The van der Waals surface area contributed by atoms with E-state index in [9.17, 15) is 10.2 Å². The summed E-state index contributed by atoms with van der Waals surface area (Å²) in [6.07, 6.45) is 1.60. The van der Waals surface area contributed by atoms with Crippen LogP contribution in [0.15, 0.2) is 24.3 Å². The lowest BCUT2D eigenvalue weighted by Crippen LogP contribution is -2.46. The summed E-state index contributed by atoms with van der Waals surface area (Å²) in [5.74, 6) is 0.909. The van der Waals surface area contributed by atoms with Crippen LogP contribution in [0.3, 0.4) is 0 Å². The summed E-state index contributed by atoms with van der Waals surface area (Å²) in [4.78, 5) is 4.63. The van der Waals surface area contributed by atoms with Gasteiger partial charge >= 0.3 is 0 Å². The van der Waals surface area contributed by atoms with E-state index in [1.807, 2.05) is 12.1 Å². The summed E-state index contributed by atoms with van der Waals surface area (Å²) < 4.78 is 11.3. The fourth-order valence-electron chi connectivity index (χ4n) is 3.57. The largest absolute Gasteiger partial charge is 0.494 e. The van der Waals surface area contributed by atoms with E-state index in [1.165, 1.54) is 5.56 Å². The van der Waals surface area contributed by atoms with Gasteiger partial charge in [0.2, 0.25) is 0 Å². The number of aliphatic hydroxyl groups is 2. The molecule has 1 aromatic rings. The first-order valence-corrected chi connectivity index (χ1v) is 9.81. The third-order valence-electron chi connectivity index (χ3n) is 5.18. The number of piperidine rings is 1. The van der Waals surface area contributed by atoms with Crippen LogP contribution in [0.25, 0.3) is 0 Å². The Balaban J connectivity index is 1.35. The van der Waals surface area contributed by atoms with Crippen LogP contribution >= 0.6 is 0 Å². The number of unbranched alkanes of at least 4 members (excludes halogenated alkanes) is 1. The van der Waals surface area contributed by atoms with Crippen molar-refractivity contribution in [1.82, 2.24) is 9.80 Å². The number of morpholine rings is 1. The summed E-state index contributed by atoms with van der Waals surface area (Å²) in [6, 6.07) is 8.19. The number of hydrogen-bond donors (Lipinski definition) is 2. The van der Waals surface area contributed by atoms with Crippen LogP contribution < -0.4 is 4.74 Å². The van der Waals surface area contributed by atoms with Gasteiger partial charge in [0, 0.05) is 32.7 Å². The second kappa shape index (κ2) is 10.2. The van der Waals surface area contributed by atoms with Gasteiger partial charge in [-0.2, -0.15) is 0 Å². The number of β-amino-alcohol motifs (C(OH)–C–C–N with tert-alkyl or cyclic N) is 1. The van der Waals surface area contributed by atoms with Gasteiger partial charge in [-0.15, -0.1) is 0 Å². The Morgan fingerprint density at radius 3 is 2.69 bits per heavy atom. The number of hydrogen-bond acceptors (Lipinski definition) is 6. The van der Waals surface area contributed by atoms with Crippen LogP contribution in [-0.4, -0.2) is 84.8 Å². The minimum atomic E-state index is -0.644. The summed E-state index contributed by atoms with van der Waals surface area (Å²) in [5.41, 5.74) is 1.18. The van der Waals surface area contributed by atoms with Gasteiger partial charge in [0.1, 0.15) is 5.75 Å². The molecule has 0 radical (unpaired) electrons. The topological polar surface area (TPSA) is 65.4 Å². The molecule has 146 valence electrons. The molecule has 0 unspecified atom stereocenters. The van der Waals surface area contributed by atoms with Crippen LogP contribution in [-0.2, 0) is 11.3 Å². The minimum absolute atomic E-state index is 0.522. The zero-order valence-corrected chi connectivity index (χ0v) is 15.6. The van der Waals surface area contributed by atoms with E-state index in [2.05, 4.69) is 21.9 Å². The summed E-state index contributed by atoms with van der Waals surface area (Å²) in [7, 11) is 0. The van der Waals surface area contributed by atoms with Gasteiger partial charge in [0.25, 0.3) is 0 Å². The standard InChI is InChI=1S/C20H32N2O4/c23-19-6-8-22(16-20(19)24)15-17-4-3-5-18(14-17)26-11-2-1-7-21-9-12-25-13-10-21/h3-5,14,19-20,23-24H,1-2,6-13,15-16H2/t19-,20-/m0/s1. The molecule has 2 aliphatic heterocycles. The first-order chi connectivity index (χ1) is 12.7. The fraction of sp³-hybridized carbons (Fsp3) is 0.700. The molecule has 0 amide bonds. The highest BCUT2D eigenvalue weighted by Crippen LogP contribution is 2.18. The molecule has 6 heteroatoms. The molecule has 2 heterocycles. The highest BCUT2D eigenvalue weighted by atomic mass is 16.5.